The summed E-state index contributed by atoms with van der Waals surface area (Å²) in [6.45, 7) is 2.29. The number of phenols is 1. The van der Waals surface area contributed by atoms with E-state index in [2.05, 4.69) is 9.97 Å². The normalized spacial score (nSPS) is 13.4. The summed E-state index contributed by atoms with van der Waals surface area (Å²) in [5.41, 5.74) is 3.30. The lowest BCUT2D eigenvalue weighted by Crippen LogP contribution is -1.99. The third-order valence-electron chi connectivity index (χ3n) is 4.11. The van der Waals surface area contributed by atoms with Gasteiger partial charge in [0.1, 0.15) is 0 Å². The molecule has 0 aliphatic rings. The van der Waals surface area contributed by atoms with Crippen molar-refractivity contribution in [3.63, 3.8) is 0 Å². The maximum absolute atomic E-state index is 13.1. The van der Waals surface area contributed by atoms with Gasteiger partial charge in [0, 0.05) is 21.9 Å². The van der Waals surface area contributed by atoms with E-state index in [0.717, 1.165) is 17.8 Å². The second-order valence-electron chi connectivity index (χ2n) is 6.26. The number of rotatable bonds is 8. The summed E-state index contributed by atoms with van der Waals surface area (Å²) in [4.78, 5) is 9.06. The van der Waals surface area contributed by atoms with Crippen molar-refractivity contribution in [2.45, 2.75) is 27.2 Å². The highest BCUT2D eigenvalue weighted by atomic mass is 35.5. The van der Waals surface area contributed by atoms with Crippen molar-refractivity contribution in [1.82, 2.24) is 9.97 Å². The van der Waals surface area contributed by atoms with E-state index < -0.39 is 6.80 Å². The van der Waals surface area contributed by atoms with Crippen molar-refractivity contribution in [2.75, 3.05) is 12.4 Å². The maximum Gasteiger partial charge on any atom is 0.440 e. The first kappa shape index (κ1) is 21.9. The molecule has 1 N–H and O–H groups in total. The third-order valence-corrected chi connectivity index (χ3v) is 8.27. The molecule has 0 spiro atoms. The smallest absolute Gasteiger partial charge is 0.440 e. The minimum Gasteiger partial charge on any atom is -0.504 e. The van der Waals surface area contributed by atoms with E-state index in [9.17, 15) is 9.67 Å². The van der Waals surface area contributed by atoms with Gasteiger partial charge in [-0.25, -0.2) is 9.55 Å². The Bertz CT molecular complexity index is 1080. The van der Waals surface area contributed by atoms with Gasteiger partial charge in [-0.05, 0) is 62.0 Å². The Kier molecular flexibility index (Phi) is 7.06. The van der Waals surface area contributed by atoms with Gasteiger partial charge in [-0.1, -0.05) is 18.5 Å². The zero-order valence-electron chi connectivity index (χ0n) is 16.4. The zero-order chi connectivity index (χ0) is 21.0. The van der Waals surface area contributed by atoms with E-state index >= 15 is 0 Å². The summed E-state index contributed by atoms with van der Waals surface area (Å²) in [5.74, 6) is 0.639. The molecule has 0 saturated heterocycles. The summed E-state index contributed by atoms with van der Waals surface area (Å²) in [6, 6.07) is 8.52. The predicted molar refractivity (Wildman–Crippen MR) is 119 cm³/mol. The van der Waals surface area contributed by atoms with E-state index in [1.54, 1.807) is 44.3 Å². The highest BCUT2D eigenvalue weighted by Gasteiger charge is 2.29. The van der Waals surface area contributed by atoms with Gasteiger partial charge in [0.25, 0.3) is 0 Å². The molecule has 29 heavy (non-hydrogen) atoms. The molecular weight excluding hydrogens is 431 g/mol. The molecular formula is C20H22ClN2O4PS. The molecule has 1 unspecified atom stereocenters. The fourth-order valence-corrected chi connectivity index (χ4v) is 6.41. The van der Waals surface area contributed by atoms with Crippen molar-refractivity contribution in [2.24, 2.45) is 0 Å². The molecule has 9 heteroatoms. The van der Waals surface area contributed by atoms with E-state index in [0.29, 0.717) is 38.6 Å². The van der Waals surface area contributed by atoms with Gasteiger partial charge >= 0.3 is 6.80 Å². The number of nitrogens with zero attached hydrogens (tertiary/aromatic N) is 2. The number of fused-ring (bicyclic) bond motifs is 1. The monoisotopic (exact) mass is 452 g/mol. The van der Waals surface area contributed by atoms with Crippen LogP contribution in [0.4, 0.5) is 0 Å². The average Bonchev–Trinajstić information content (AvgIpc) is 2.70. The molecule has 1 heterocycles. The van der Waals surface area contributed by atoms with Crippen LogP contribution in [0.5, 0.6) is 11.5 Å². The molecule has 6 nitrogen and oxygen atoms in total. The van der Waals surface area contributed by atoms with Crippen molar-refractivity contribution in [3.8, 4) is 22.8 Å². The molecule has 0 aliphatic carbocycles. The lowest BCUT2D eigenvalue weighted by atomic mass is 10.0. The second kappa shape index (κ2) is 9.35. The predicted octanol–water partition coefficient (Wildman–Crippen LogP) is 6.63. The molecule has 1 aromatic heterocycles. The first-order valence-corrected chi connectivity index (χ1v) is 12.7. The summed E-state index contributed by atoms with van der Waals surface area (Å²) in [7, 11) is 0. The quantitative estimate of drug-likeness (QED) is 0.384. The summed E-state index contributed by atoms with van der Waals surface area (Å²) in [5, 5.41) is 11.0. The molecule has 3 rings (SSSR count). The van der Waals surface area contributed by atoms with Crippen LogP contribution in [0.2, 0.25) is 5.02 Å². The average molecular weight is 453 g/mol. The van der Waals surface area contributed by atoms with Crippen LogP contribution >= 0.6 is 29.8 Å². The summed E-state index contributed by atoms with van der Waals surface area (Å²) in [6.07, 6.45) is 2.46. The van der Waals surface area contributed by atoms with Crippen molar-refractivity contribution >= 4 is 40.8 Å². The van der Waals surface area contributed by atoms with Gasteiger partial charge in [0.2, 0.25) is 0 Å². The van der Waals surface area contributed by atoms with E-state index in [1.807, 2.05) is 6.92 Å². The van der Waals surface area contributed by atoms with Crippen LogP contribution in [0.3, 0.4) is 0 Å². The molecule has 0 radical (unpaired) electrons. The molecule has 3 aromatic rings. The molecule has 2 aromatic carbocycles. The van der Waals surface area contributed by atoms with Crippen LogP contribution in [0.15, 0.2) is 36.5 Å². The largest absolute Gasteiger partial charge is 0.504 e. The van der Waals surface area contributed by atoms with Crippen molar-refractivity contribution in [1.29, 1.82) is 0 Å². The number of hydrogen-bond donors (Lipinski definition) is 1. The van der Waals surface area contributed by atoms with Crippen LogP contribution in [0.1, 0.15) is 25.8 Å². The molecule has 0 fully saturated rings. The third kappa shape index (κ3) is 5.04. The van der Waals surface area contributed by atoms with E-state index in [-0.39, 0.29) is 18.1 Å². The Balaban J connectivity index is 2.02. The SMILES string of the molecule is CCCSP(=O)(OCC)Oc1c(O)ccc(-c2cnc3cc(Cl)ccc3n2)c1C. The van der Waals surface area contributed by atoms with Crippen LogP contribution in [-0.4, -0.2) is 27.4 Å². The van der Waals surface area contributed by atoms with Crippen LogP contribution in [0, 0.1) is 6.92 Å². The number of aromatic nitrogens is 2. The van der Waals surface area contributed by atoms with Gasteiger partial charge in [0.15, 0.2) is 11.5 Å². The molecule has 0 amide bonds. The molecule has 0 bridgehead atoms. The highest BCUT2D eigenvalue weighted by molar-refractivity contribution is 8.55. The van der Waals surface area contributed by atoms with Crippen molar-refractivity contribution < 1.29 is 18.7 Å². The zero-order valence-corrected chi connectivity index (χ0v) is 18.9. The second-order valence-corrected chi connectivity index (χ2v) is 10.8. The summed E-state index contributed by atoms with van der Waals surface area (Å²) >= 11 is 7.13. The number of phenolic OH excluding ortho intramolecular Hbond substituents is 1. The Morgan fingerprint density at radius 3 is 2.72 bits per heavy atom. The molecule has 154 valence electrons. The Hall–Kier alpha value is -1.79. The van der Waals surface area contributed by atoms with Gasteiger partial charge in [0.05, 0.1) is 29.5 Å². The van der Waals surface area contributed by atoms with Crippen LogP contribution < -0.4 is 4.52 Å². The number of aromatic hydroxyl groups is 1. The maximum atomic E-state index is 13.1. The first-order chi connectivity index (χ1) is 13.9. The fourth-order valence-electron chi connectivity index (χ4n) is 2.75. The lowest BCUT2D eigenvalue weighted by molar-refractivity contribution is 0.291. The topological polar surface area (TPSA) is 81.5 Å². The highest BCUT2D eigenvalue weighted by Crippen LogP contribution is 2.61. The van der Waals surface area contributed by atoms with Gasteiger partial charge < -0.3 is 9.63 Å². The molecule has 0 aliphatic heterocycles. The Morgan fingerprint density at radius 2 is 2.00 bits per heavy atom. The molecule has 1 atom stereocenters. The van der Waals surface area contributed by atoms with Crippen molar-refractivity contribution in [3.05, 3.63) is 47.1 Å². The molecule has 0 saturated carbocycles. The van der Waals surface area contributed by atoms with Gasteiger partial charge in [-0.2, -0.15) is 0 Å². The minimum atomic E-state index is -3.46. The van der Waals surface area contributed by atoms with Gasteiger partial charge in [-0.15, -0.1) is 0 Å². The Morgan fingerprint density at radius 1 is 1.21 bits per heavy atom. The van der Waals surface area contributed by atoms with Gasteiger partial charge in [-0.3, -0.25) is 9.51 Å². The number of hydrogen-bond acceptors (Lipinski definition) is 7. The lowest BCUT2D eigenvalue weighted by Gasteiger charge is -2.20. The van der Waals surface area contributed by atoms with E-state index in [1.165, 1.54) is 6.07 Å². The fraction of sp³-hybridized carbons (Fsp3) is 0.300. The first-order valence-electron chi connectivity index (χ1n) is 9.20. The van der Waals surface area contributed by atoms with Crippen LogP contribution in [-0.2, 0) is 9.09 Å². The standard InChI is InChI=1S/C20H22ClN2O4PS/c1-4-10-29-28(25,26-5-2)27-20-13(3)15(7-9-19(20)24)18-12-22-17-11-14(21)6-8-16(17)23-18/h6-9,11-12,24H,4-5,10H2,1-3H3. The number of benzene rings is 2. The minimum absolute atomic E-state index is 0.108. The van der Waals surface area contributed by atoms with Crippen LogP contribution in [0.25, 0.3) is 22.3 Å². The summed E-state index contributed by atoms with van der Waals surface area (Å²) < 4.78 is 24.2. The van der Waals surface area contributed by atoms with E-state index in [4.69, 9.17) is 20.6 Å². The Labute approximate surface area is 178 Å². The number of halogens is 1.